The molecule has 4 rings (SSSR count). The minimum Gasteiger partial charge on any atom is -0.595 e. The standard InChI is InChI=1S/C20H20N2O6/c23-17-6-5-15-19(24)18(11-13-1-3-14(4-2-13)22(25)26)28-20(15)16(17)12-21-7-9-27-10-8-21/h1-6,11,22-23,25H,7-10,12H2. The first-order valence-electron chi connectivity index (χ1n) is 8.95. The molecule has 1 atom stereocenters. The van der Waals surface area contributed by atoms with Gasteiger partial charge in [0.2, 0.25) is 5.78 Å². The molecule has 0 radical (unpaired) electrons. The van der Waals surface area contributed by atoms with Gasteiger partial charge in [-0.2, -0.15) is 5.23 Å². The number of benzene rings is 2. The van der Waals surface area contributed by atoms with E-state index in [1.807, 2.05) is 0 Å². The molecule has 0 aliphatic carbocycles. The van der Waals surface area contributed by atoms with Crippen molar-refractivity contribution < 1.29 is 29.8 Å². The van der Waals surface area contributed by atoms with Gasteiger partial charge in [-0.05, 0) is 35.9 Å². The molecule has 28 heavy (non-hydrogen) atoms. The number of carbonyl (C=O) groups is 1. The van der Waals surface area contributed by atoms with Crippen LogP contribution in [0.2, 0.25) is 0 Å². The Morgan fingerprint density at radius 3 is 2.54 bits per heavy atom. The molecular weight excluding hydrogens is 364 g/mol. The number of allylic oxidation sites excluding steroid dienone is 1. The summed E-state index contributed by atoms with van der Waals surface area (Å²) in [7, 11) is 0. The summed E-state index contributed by atoms with van der Waals surface area (Å²) < 4.78 is 11.2. The van der Waals surface area contributed by atoms with E-state index in [9.17, 15) is 15.1 Å². The molecule has 1 saturated heterocycles. The summed E-state index contributed by atoms with van der Waals surface area (Å²) in [5, 5.41) is 29.3. The molecule has 2 aromatic carbocycles. The van der Waals surface area contributed by atoms with Crippen molar-refractivity contribution in [3.63, 3.8) is 0 Å². The smallest absolute Gasteiger partial charge is 0.231 e. The molecule has 146 valence electrons. The highest BCUT2D eigenvalue weighted by Gasteiger charge is 2.31. The lowest BCUT2D eigenvalue weighted by atomic mass is 10.0. The van der Waals surface area contributed by atoms with Gasteiger partial charge in [0, 0.05) is 31.8 Å². The van der Waals surface area contributed by atoms with Gasteiger partial charge in [0.25, 0.3) is 0 Å². The second kappa shape index (κ2) is 7.70. The maximum absolute atomic E-state index is 12.7. The van der Waals surface area contributed by atoms with Crippen molar-refractivity contribution in [1.82, 2.24) is 4.90 Å². The number of fused-ring (bicyclic) bond motifs is 1. The minimum atomic E-state index is -1.01. The summed E-state index contributed by atoms with van der Waals surface area (Å²) >= 11 is 0. The molecule has 2 heterocycles. The van der Waals surface area contributed by atoms with Gasteiger partial charge in [-0.3, -0.25) is 9.69 Å². The fraction of sp³-hybridized carbons (Fsp3) is 0.250. The Balaban J connectivity index is 1.61. The number of aromatic hydroxyl groups is 1. The van der Waals surface area contributed by atoms with E-state index in [2.05, 4.69) is 4.90 Å². The van der Waals surface area contributed by atoms with E-state index in [4.69, 9.17) is 14.7 Å². The van der Waals surface area contributed by atoms with Gasteiger partial charge < -0.3 is 19.8 Å². The van der Waals surface area contributed by atoms with E-state index in [1.165, 1.54) is 18.2 Å². The fourth-order valence-corrected chi connectivity index (χ4v) is 3.31. The molecule has 2 aromatic rings. The zero-order chi connectivity index (χ0) is 19.7. The number of carbonyl (C=O) groups excluding carboxylic acids is 1. The van der Waals surface area contributed by atoms with Crippen molar-refractivity contribution >= 4 is 17.5 Å². The quantitative estimate of drug-likeness (QED) is 0.538. The lowest BCUT2D eigenvalue weighted by molar-refractivity contribution is -0.991. The number of rotatable bonds is 4. The predicted molar refractivity (Wildman–Crippen MR) is 99.4 cm³/mol. The second-order valence-corrected chi connectivity index (χ2v) is 6.70. The molecule has 0 amide bonds. The lowest BCUT2D eigenvalue weighted by Crippen LogP contribution is -2.99. The molecule has 2 aliphatic rings. The van der Waals surface area contributed by atoms with Gasteiger partial charge >= 0.3 is 0 Å². The Kier molecular flexibility index (Phi) is 5.12. The summed E-state index contributed by atoms with van der Waals surface area (Å²) in [5.41, 5.74) is 1.81. The third-order valence-corrected chi connectivity index (χ3v) is 4.86. The average molecular weight is 384 g/mol. The zero-order valence-corrected chi connectivity index (χ0v) is 15.1. The van der Waals surface area contributed by atoms with Gasteiger partial charge in [-0.15, -0.1) is 0 Å². The third-order valence-electron chi connectivity index (χ3n) is 4.86. The number of Topliss-reactive ketones (excluding diaryl/α,β-unsaturated/α-hetero) is 1. The van der Waals surface area contributed by atoms with E-state index in [1.54, 1.807) is 24.3 Å². The van der Waals surface area contributed by atoms with Crippen molar-refractivity contribution in [2.75, 3.05) is 26.3 Å². The van der Waals surface area contributed by atoms with Gasteiger partial charge in [-0.25, -0.2) is 5.21 Å². The van der Waals surface area contributed by atoms with Gasteiger partial charge in [0.15, 0.2) is 11.4 Å². The molecular formula is C20H20N2O6. The molecule has 0 saturated carbocycles. The van der Waals surface area contributed by atoms with Crippen LogP contribution in [0.5, 0.6) is 11.5 Å². The van der Waals surface area contributed by atoms with E-state index in [0.29, 0.717) is 42.2 Å². The normalized spacial score (nSPS) is 19.5. The molecule has 8 nitrogen and oxygen atoms in total. The largest absolute Gasteiger partial charge is 0.595 e. The van der Waals surface area contributed by atoms with Crippen LogP contribution in [0.3, 0.4) is 0 Å². The average Bonchev–Trinajstić information content (AvgIpc) is 3.01. The highest BCUT2D eigenvalue weighted by atomic mass is 16.8. The first-order chi connectivity index (χ1) is 13.5. The maximum atomic E-state index is 12.7. The van der Waals surface area contributed by atoms with E-state index >= 15 is 0 Å². The number of phenolic OH excluding ortho intramolecular Hbond substituents is 1. The summed E-state index contributed by atoms with van der Waals surface area (Å²) in [6.07, 6.45) is 1.57. The molecule has 1 unspecified atom stereocenters. The first-order valence-corrected chi connectivity index (χ1v) is 8.95. The Hall–Kier alpha value is -2.75. The van der Waals surface area contributed by atoms with E-state index in [0.717, 1.165) is 13.1 Å². The molecule has 2 aliphatic heterocycles. The number of quaternary nitrogens is 1. The highest BCUT2D eigenvalue weighted by molar-refractivity contribution is 6.15. The van der Waals surface area contributed by atoms with Gasteiger partial charge in [-0.1, -0.05) is 0 Å². The topological polar surface area (TPSA) is 107 Å². The first kappa shape index (κ1) is 18.6. The van der Waals surface area contributed by atoms with Crippen LogP contribution in [-0.2, 0) is 11.3 Å². The Morgan fingerprint density at radius 1 is 1.14 bits per heavy atom. The van der Waals surface area contributed by atoms with Gasteiger partial charge in [0.05, 0.1) is 24.3 Å². The Bertz CT molecular complexity index is 917. The number of morpholine rings is 1. The zero-order valence-electron chi connectivity index (χ0n) is 15.1. The van der Waals surface area contributed by atoms with Crippen LogP contribution < -0.4 is 9.96 Å². The molecule has 8 heteroatoms. The van der Waals surface area contributed by atoms with Crippen molar-refractivity contribution in [3.8, 4) is 11.5 Å². The van der Waals surface area contributed by atoms with E-state index in [-0.39, 0.29) is 23.0 Å². The lowest BCUT2D eigenvalue weighted by Gasteiger charge is -2.27. The third kappa shape index (κ3) is 3.64. The molecule has 0 aromatic heterocycles. The predicted octanol–water partition coefficient (Wildman–Crippen LogP) is 1.24. The molecule has 1 fully saturated rings. The van der Waals surface area contributed by atoms with Crippen molar-refractivity contribution in [3.05, 3.63) is 64.1 Å². The molecule has 3 N–H and O–H groups in total. The number of ether oxygens (including phenoxy) is 2. The monoisotopic (exact) mass is 384 g/mol. The van der Waals surface area contributed by atoms with Crippen molar-refractivity contribution in [1.29, 1.82) is 0 Å². The van der Waals surface area contributed by atoms with Crippen LogP contribution >= 0.6 is 0 Å². The van der Waals surface area contributed by atoms with Crippen LogP contribution in [0.4, 0.5) is 5.69 Å². The summed E-state index contributed by atoms with van der Waals surface area (Å²) in [6.45, 7) is 3.22. The Morgan fingerprint density at radius 2 is 1.86 bits per heavy atom. The minimum absolute atomic E-state index is 0.0881. The van der Waals surface area contributed by atoms with Crippen LogP contribution in [-0.4, -0.2) is 47.3 Å². The number of ketones is 1. The SMILES string of the molecule is O=C1C(=Cc2ccc([NH+]([O-])O)cc2)Oc2c1ccc(O)c2CN1CCOCC1. The summed E-state index contributed by atoms with van der Waals surface area (Å²) in [6, 6.07) is 9.24. The van der Waals surface area contributed by atoms with Crippen LogP contribution in [0.1, 0.15) is 21.5 Å². The van der Waals surface area contributed by atoms with Crippen LogP contribution in [0, 0.1) is 5.21 Å². The van der Waals surface area contributed by atoms with Crippen LogP contribution in [0.15, 0.2) is 42.2 Å². The summed E-state index contributed by atoms with van der Waals surface area (Å²) in [4.78, 5) is 14.9. The number of hydrogen-bond acceptors (Lipinski definition) is 7. The number of nitrogens with one attached hydrogen (secondary N) is 1. The maximum Gasteiger partial charge on any atom is 0.231 e. The second-order valence-electron chi connectivity index (χ2n) is 6.70. The van der Waals surface area contributed by atoms with Crippen LogP contribution in [0.25, 0.3) is 6.08 Å². The van der Waals surface area contributed by atoms with Crippen molar-refractivity contribution in [2.45, 2.75) is 6.54 Å². The van der Waals surface area contributed by atoms with Gasteiger partial charge in [0.1, 0.15) is 11.5 Å². The molecule has 0 spiro atoms. The fourth-order valence-electron chi connectivity index (χ4n) is 3.31. The number of phenols is 1. The number of nitrogens with zero attached hydrogens (tertiary/aromatic N) is 1. The Labute approximate surface area is 161 Å². The molecule has 0 bridgehead atoms. The van der Waals surface area contributed by atoms with E-state index < -0.39 is 5.23 Å². The van der Waals surface area contributed by atoms with Crippen molar-refractivity contribution in [2.24, 2.45) is 0 Å². The highest BCUT2D eigenvalue weighted by Crippen LogP contribution is 2.40. The summed E-state index contributed by atoms with van der Waals surface area (Å²) in [5.74, 6) is 0.349. The number of hydrogen-bond donors (Lipinski definition) is 3.